The van der Waals surface area contributed by atoms with E-state index in [4.69, 9.17) is 4.42 Å². The largest absolute Gasteiger partial charge is 0.466 e. The highest BCUT2D eigenvalue weighted by Crippen LogP contribution is 2.26. The second-order valence-corrected chi connectivity index (χ2v) is 6.28. The highest BCUT2D eigenvalue weighted by molar-refractivity contribution is 14.0. The third-order valence-corrected chi connectivity index (χ3v) is 3.87. The Hall–Kier alpha value is -1.61. The predicted octanol–water partition coefficient (Wildman–Crippen LogP) is 3.62. The molecule has 0 fully saturated rings. The summed E-state index contributed by atoms with van der Waals surface area (Å²) in [4.78, 5) is 4.44. The Labute approximate surface area is 171 Å². The molecule has 1 heterocycles. The van der Waals surface area contributed by atoms with Gasteiger partial charge in [0.05, 0.1) is 13.1 Å². The fourth-order valence-corrected chi connectivity index (χ4v) is 2.66. The molecule has 0 aliphatic heterocycles. The van der Waals surface area contributed by atoms with E-state index in [0.717, 1.165) is 16.9 Å². The molecule has 1 aromatic heterocycles. The third kappa shape index (κ3) is 6.28. The molecule has 5 nitrogen and oxygen atoms in total. The first-order chi connectivity index (χ1) is 11.8. The van der Waals surface area contributed by atoms with Gasteiger partial charge in [-0.15, -0.1) is 24.0 Å². The van der Waals surface area contributed by atoms with Crippen LogP contribution in [0.15, 0.2) is 39.7 Å². The Balaban J connectivity index is 0.00000338. The number of aryl methyl sites for hydroxylation is 2. The van der Waals surface area contributed by atoms with Crippen molar-refractivity contribution in [3.63, 3.8) is 0 Å². The summed E-state index contributed by atoms with van der Waals surface area (Å²) in [6.45, 7) is 8.67. The van der Waals surface area contributed by atoms with Crippen LogP contribution in [0, 0.1) is 19.7 Å². The van der Waals surface area contributed by atoms with Gasteiger partial charge in [-0.1, -0.05) is 12.1 Å². The van der Waals surface area contributed by atoms with E-state index in [2.05, 4.69) is 15.6 Å². The Bertz CT molecular complexity index is 744. The van der Waals surface area contributed by atoms with Gasteiger partial charge in [0.2, 0.25) is 0 Å². The van der Waals surface area contributed by atoms with E-state index in [1.807, 2.05) is 32.9 Å². The summed E-state index contributed by atoms with van der Waals surface area (Å²) in [7, 11) is 0. The zero-order valence-electron chi connectivity index (χ0n) is 15.6. The Morgan fingerprint density at radius 2 is 2.00 bits per heavy atom. The molecule has 2 rings (SSSR count). The summed E-state index contributed by atoms with van der Waals surface area (Å²) in [6.07, 6.45) is 0. The van der Waals surface area contributed by atoms with Crippen LogP contribution in [0.3, 0.4) is 0 Å². The number of aliphatic imine (C=N–C) groups is 1. The summed E-state index contributed by atoms with van der Waals surface area (Å²) in [5, 5.41) is 17.0. The number of halogens is 2. The number of hydrogen-bond donors (Lipinski definition) is 3. The average Bonchev–Trinajstić information content (AvgIpc) is 2.89. The lowest BCUT2D eigenvalue weighted by Gasteiger charge is -2.24. The van der Waals surface area contributed by atoms with E-state index in [0.29, 0.717) is 24.8 Å². The number of guanidine groups is 1. The van der Waals surface area contributed by atoms with E-state index in [9.17, 15) is 9.50 Å². The Kier molecular flexibility index (Phi) is 8.55. The Morgan fingerprint density at radius 3 is 2.58 bits per heavy atom. The highest BCUT2D eigenvalue weighted by Gasteiger charge is 2.27. The van der Waals surface area contributed by atoms with Gasteiger partial charge in [-0.2, -0.15) is 0 Å². The van der Waals surface area contributed by atoms with Crippen molar-refractivity contribution in [3.8, 4) is 0 Å². The molecule has 144 valence electrons. The summed E-state index contributed by atoms with van der Waals surface area (Å²) in [6, 6.07) is 8.19. The molecule has 0 spiro atoms. The van der Waals surface area contributed by atoms with Gasteiger partial charge >= 0.3 is 0 Å². The van der Waals surface area contributed by atoms with Gasteiger partial charge in [0.1, 0.15) is 22.9 Å². The van der Waals surface area contributed by atoms with Crippen molar-refractivity contribution >= 4 is 29.9 Å². The first-order valence-corrected chi connectivity index (χ1v) is 8.38. The molecule has 0 radical (unpaired) electrons. The van der Waals surface area contributed by atoms with Crippen LogP contribution < -0.4 is 10.6 Å². The summed E-state index contributed by atoms with van der Waals surface area (Å²) in [5.74, 6) is 1.75. The van der Waals surface area contributed by atoms with Crippen molar-refractivity contribution in [2.45, 2.75) is 39.8 Å². The zero-order valence-corrected chi connectivity index (χ0v) is 17.9. The molecule has 1 unspecified atom stereocenters. The molecular weight excluding hydrogens is 448 g/mol. The number of hydrogen-bond acceptors (Lipinski definition) is 3. The first-order valence-electron chi connectivity index (χ1n) is 8.38. The lowest BCUT2D eigenvalue weighted by atomic mass is 9.96. The van der Waals surface area contributed by atoms with Crippen molar-refractivity contribution in [1.82, 2.24) is 10.6 Å². The van der Waals surface area contributed by atoms with Crippen LogP contribution >= 0.6 is 24.0 Å². The zero-order chi connectivity index (χ0) is 18.4. The van der Waals surface area contributed by atoms with Gasteiger partial charge in [-0.05, 0) is 51.5 Å². The minimum absolute atomic E-state index is 0. The van der Waals surface area contributed by atoms with Crippen LogP contribution in [0.2, 0.25) is 0 Å². The lowest BCUT2D eigenvalue weighted by Crippen LogP contribution is -2.44. The number of nitrogens with zero attached hydrogens (tertiary/aromatic N) is 1. The maximum atomic E-state index is 13.2. The minimum atomic E-state index is -1.10. The van der Waals surface area contributed by atoms with E-state index < -0.39 is 5.60 Å². The fourth-order valence-electron chi connectivity index (χ4n) is 2.66. The van der Waals surface area contributed by atoms with E-state index in [1.54, 1.807) is 13.0 Å². The van der Waals surface area contributed by atoms with Crippen LogP contribution in [0.5, 0.6) is 0 Å². The third-order valence-electron chi connectivity index (χ3n) is 3.87. The predicted molar refractivity (Wildman–Crippen MR) is 112 cm³/mol. The van der Waals surface area contributed by atoms with Gasteiger partial charge in [0, 0.05) is 12.1 Å². The van der Waals surface area contributed by atoms with Crippen molar-refractivity contribution in [3.05, 3.63) is 58.8 Å². The van der Waals surface area contributed by atoms with Crippen molar-refractivity contribution in [2.75, 3.05) is 13.1 Å². The van der Waals surface area contributed by atoms with Gasteiger partial charge in [-0.3, -0.25) is 0 Å². The molecule has 0 bridgehead atoms. The molecular formula is C19H27FIN3O2. The average molecular weight is 475 g/mol. The van der Waals surface area contributed by atoms with E-state index >= 15 is 0 Å². The van der Waals surface area contributed by atoms with Crippen LogP contribution in [-0.2, 0) is 12.1 Å². The summed E-state index contributed by atoms with van der Waals surface area (Å²) < 4.78 is 18.8. The van der Waals surface area contributed by atoms with Gasteiger partial charge < -0.3 is 20.2 Å². The maximum Gasteiger partial charge on any atom is 0.191 e. The van der Waals surface area contributed by atoms with Crippen LogP contribution in [0.25, 0.3) is 0 Å². The molecule has 3 N–H and O–H groups in total. The number of rotatable bonds is 6. The minimum Gasteiger partial charge on any atom is -0.466 e. The molecule has 0 amide bonds. The smallest absolute Gasteiger partial charge is 0.191 e. The highest BCUT2D eigenvalue weighted by atomic mass is 127. The van der Waals surface area contributed by atoms with Crippen LogP contribution in [-0.4, -0.2) is 24.2 Å². The van der Waals surface area contributed by atoms with Crippen LogP contribution in [0.1, 0.15) is 36.5 Å². The summed E-state index contributed by atoms with van der Waals surface area (Å²) >= 11 is 0. The molecule has 1 aromatic carbocycles. The van der Waals surface area contributed by atoms with Gasteiger partial charge in [0.15, 0.2) is 5.96 Å². The van der Waals surface area contributed by atoms with Crippen molar-refractivity contribution in [2.24, 2.45) is 4.99 Å². The van der Waals surface area contributed by atoms with E-state index in [1.165, 1.54) is 12.1 Å². The van der Waals surface area contributed by atoms with Gasteiger partial charge in [-0.25, -0.2) is 9.38 Å². The maximum absolute atomic E-state index is 13.2. The fraction of sp³-hybridized carbons (Fsp3) is 0.421. The molecule has 0 aliphatic rings. The number of benzene rings is 1. The topological polar surface area (TPSA) is 69.8 Å². The number of furan rings is 1. The SMILES string of the molecule is CCNC(=NCc1cccc(F)c1)NCC(C)(O)c1cc(C)oc1C.I. The van der Waals surface area contributed by atoms with Gasteiger partial charge in [0.25, 0.3) is 0 Å². The first kappa shape index (κ1) is 22.4. The monoisotopic (exact) mass is 475 g/mol. The standard InChI is InChI=1S/C19H26FN3O2.HI/c1-5-21-18(22-11-15-7-6-8-16(20)10-15)23-12-19(4,24)17-9-13(2)25-14(17)3;/h6-10,24H,5,11-12H2,1-4H3,(H2,21,22,23);1H. The normalized spacial score (nSPS) is 13.7. The van der Waals surface area contributed by atoms with E-state index in [-0.39, 0.29) is 36.3 Å². The second-order valence-electron chi connectivity index (χ2n) is 6.28. The molecule has 2 aromatic rings. The quantitative estimate of drug-likeness (QED) is 0.339. The van der Waals surface area contributed by atoms with Crippen LogP contribution in [0.4, 0.5) is 4.39 Å². The molecule has 0 saturated carbocycles. The molecule has 7 heteroatoms. The van der Waals surface area contributed by atoms with Crippen molar-refractivity contribution in [1.29, 1.82) is 0 Å². The number of aliphatic hydroxyl groups is 1. The second kappa shape index (κ2) is 9.91. The molecule has 0 saturated heterocycles. The Morgan fingerprint density at radius 1 is 1.27 bits per heavy atom. The molecule has 1 atom stereocenters. The molecule has 0 aliphatic carbocycles. The van der Waals surface area contributed by atoms with Crippen molar-refractivity contribution < 1.29 is 13.9 Å². The summed E-state index contributed by atoms with van der Waals surface area (Å²) in [5.41, 5.74) is 0.431. The number of nitrogens with one attached hydrogen (secondary N) is 2. The molecule has 26 heavy (non-hydrogen) atoms. The lowest BCUT2D eigenvalue weighted by molar-refractivity contribution is 0.0601.